The van der Waals surface area contributed by atoms with Crippen molar-refractivity contribution >= 4 is 11.8 Å². The molecule has 0 spiro atoms. The maximum absolute atomic E-state index is 12.0. The average molecular weight is 301 g/mol. The van der Waals surface area contributed by atoms with E-state index in [1.165, 1.54) is 0 Å². The standard InChI is InChI=1S/C16H19N3O3/c1-11(2)10-22-13-6-3-5-12(9-13)15(20)18-19-16(21)14-7-4-8-17-14/h3-9,11,17H,10H2,1-2H3,(H,18,20)(H,19,21). The number of carbonyl (C=O) groups excluding carboxylic acids is 2. The largest absolute Gasteiger partial charge is 0.493 e. The van der Waals surface area contributed by atoms with Gasteiger partial charge in [0.1, 0.15) is 11.4 Å². The second-order valence-corrected chi connectivity index (χ2v) is 5.22. The fourth-order valence-electron chi connectivity index (χ4n) is 1.71. The van der Waals surface area contributed by atoms with Gasteiger partial charge in [-0.15, -0.1) is 0 Å². The predicted molar refractivity (Wildman–Crippen MR) is 82.5 cm³/mol. The summed E-state index contributed by atoms with van der Waals surface area (Å²) in [6.07, 6.45) is 1.63. The molecule has 22 heavy (non-hydrogen) atoms. The Labute approximate surface area is 128 Å². The van der Waals surface area contributed by atoms with Crippen LogP contribution in [0.4, 0.5) is 0 Å². The number of ether oxygens (including phenoxy) is 1. The van der Waals surface area contributed by atoms with E-state index in [2.05, 4.69) is 15.8 Å². The van der Waals surface area contributed by atoms with Crippen molar-refractivity contribution in [2.75, 3.05) is 6.61 Å². The third-order valence-corrected chi connectivity index (χ3v) is 2.81. The Kier molecular flexibility index (Phi) is 5.19. The molecule has 116 valence electrons. The topological polar surface area (TPSA) is 83.2 Å². The van der Waals surface area contributed by atoms with E-state index in [9.17, 15) is 9.59 Å². The van der Waals surface area contributed by atoms with Crippen molar-refractivity contribution in [3.05, 3.63) is 53.9 Å². The number of carbonyl (C=O) groups is 2. The Morgan fingerprint density at radius 3 is 2.59 bits per heavy atom. The number of rotatable bonds is 5. The second-order valence-electron chi connectivity index (χ2n) is 5.22. The number of hydrogen-bond acceptors (Lipinski definition) is 3. The van der Waals surface area contributed by atoms with Gasteiger partial charge in [0.05, 0.1) is 6.61 Å². The summed E-state index contributed by atoms with van der Waals surface area (Å²) in [6, 6.07) is 10.1. The zero-order valence-electron chi connectivity index (χ0n) is 12.6. The van der Waals surface area contributed by atoms with Gasteiger partial charge in [-0.05, 0) is 36.2 Å². The lowest BCUT2D eigenvalue weighted by Crippen LogP contribution is -2.41. The molecule has 0 aliphatic carbocycles. The minimum absolute atomic E-state index is 0.370. The summed E-state index contributed by atoms with van der Waals surface area (Å²) in [5, 5.41) is 0. The Hall–Kier alpha value is -2.76. The Bertz CT molecular complexity index is 636. The van der Waals surface area contributed by atoms with Crippen LogP contribution >= 0.6 is 0 Å². The monoisotopic (exact) mass is 301 g/mol. The van der Waals surface area contributed by atoms with Gasteiger partial charge < -0.3 is 9.72 Å². The highest BCUT2D eigenvalue weighted by Gasteiger charge is 2.10. The number of amides is 2. The fraction of sp³-hybridized carbons (Fsp3) is 0.250. The highest BCUT2D eigenvalue weighted by atomic mass is 16.5. The van der Waals surface area contributed by atoms with Crippen molar-refractivity contribution in [2.45, 2.75) is 13.8 Å². The molecule has 0 fully saturated rings. The smallest absolute Gasteiger partial charge is 0.286 e. The van der Waals surface area contributed by atoms with Crippen molar-refractivity contribution in [3.8, 4) is 5.75 Å². The number of hydrogen-bond donors (Lipinski definition) is 3. The third kappa shape index (κ3) is 4.37. The first kappa shape index (κ1) is 15.6. The Morgan fingerprint density at radius 1 is 1.14 bits per heavy atom. The number of hydrazine groups is 1. The third-order valence-electron chi connectivity index (χ3n) is 2.81. The summed E-state index contributed by atoms with van der Waals surface area (Å²) < 4.78 is 5.57. The average Bonchev–Trinajstić information content (AvgIpc) is 3.05. The number of H-pyrrole nitrogens is 1. The van der Waals surface area contributed by atoms with E-state index in [1.54, 1.807) is 42.6 Å². The van der Waals surface area contributed by atoms with Crippen molar-refractivity contribution < 1.29 is 14.3 Å². The van der Waals surface area contributed by atoms with E-state index in [0.29, 0.717) is 29.5 Å². The molecule has 2 rings (SSSR count). The molecule has 2 aromatic rings. The van der Waals surface area contributed by atoms with Crippen LogP contribution < -0.4 is 15.6 Å². The second kappa shape index (κ2) is 7.31. The van der Waals surface area contributed by atoms with Crippen LogP contribution in [0.15, 0.2) is 42.6 Å². The Morgan fingerprint density at radius 2 is 1.91 bits per heavy atom. The first-order valence-corrected chi connectivity index (χ1v) is 7.03. The van der Waals surface area contributed by atoms with Crippen LogP contribution in [0, 0.1) is 5.92 Å². The van der Waals surface area contributed by atoms with Crippen LogP contribution in [0.3, 0.4) is 0 Å². The van der Waals surface area contributed by atoms with E-state index < -0.39 is 11.8 Å². The summed E-state index contributed by atoms with van der Waals surface area (Å²) >= 11 is 0. The van der Waals surface area contributed by atoms with Crippen LogP contribution in [0.5, 0.6) is 5.75 Å². The lowest BCUT2D eigenvalue weighted by atomic mass is 10.2. The van der Waals surface area contributed by atoms with Gasteiger partial charge in [0.25, 0.3) is 11.8 Å². The van der Waals surface area contributed by atoms with Gasteiger partial charge in [0.2, 0.25) is 0 Å². The maximum atomic E-state index is 12.0. The molecule has 1 aromatic carbocycles. The van der Waals surface area contributed by atoms with Gasteiger partial charge in [0.15, 0.2) is 0 Å². The SMILES string of the molecule is CC(C)COc1cccc(C(=O)NNC(=O)c2ccc[nH]2)c1. The molecule has 0 aliphatic heterocycles. The zero-order valence-corrected chi connectivity index (χ0v) is 12.6. The minimum atomic E-state index is -0.412. The van der Waals surface area contributed by atoms with Gasteiger partial charge in [-0.2, -0.15) is 0 Å². The molecule has 6 heteroatoms. The van der Waals surface area contributed by atoms with E-state index in [4.69, 9.17) is 4.74 Å². The van der Waals surface area contributed by atoms with Gasteiger partial charge >= 0.3 is 0 Å². The number of benzene rings is 1. The van der Waals surface area contributed by atoms with Crippen molar-refractivity contribution in [3.63, 3.8) is 0 Å². The van der Waals surface area contributed by atoms with E-state index in [0.717, 1.165) is 0 Å². The van der Waals surface area contributed by atoms with Crippen LogP contribution in [0.2, 0.25) is 0 Å². The molecule has 0 aliphatic rings. The predicted octanol–water partition coefficient (Wildman–Crippen LogP) is 2.12. The van der Waals surface area contributed by atoms with Crippen molar-refractivity contribution in [1.29, 1.82) is 0 Å². The normalized spacial score (nSPS) is 10.3. The van der Waals surface area contributed by atoms with E-state index in [1.807, 2.05) is 13.8 Å². The van der Waals surface area contributed by atoms with Gasteiger partial charge in [-0.25, -0.2) is 0 Å². The van der Waals surface area contributed by atoms with Crippen LogP contribution in [-0.4, -0.2) is 23.4 Å². The van der Waals surface area contributed by atoms with Crippen LogP contribution in [0.1, 0.15) is 34.7 Å². The minimum Gasteiger partial charge on any atom is -0.493 e. The molecule has 1 aromatic heterocycles. The van der Waals surface area contributed by atoms with Crippen LogP contribution in [0.25, 0.3) is 0 Å². The lowest BCUT2D eigenvalue weighted by Gasteiger charge is -2.10. The summed E-state index contributed by atoms with van der Waals surface area (Å²) in [5.74, 6) is 0.204. The van der Waals surface area contributed by atoms with Gasteiger partial charge in [0, 0.05) is 11.8 Å². The molecular formula is C16H19N3O3. The van der Waals surface area contributed by atoms with Gasteiger partial charge in [-0.3, -0.25) is 20.4 Å². The van der Waals surface area contributed by atoms with Crippen molar-refractivity contribution in [1.82, 2.24) is 15.8 Å². The first-order chi connectivity index (χ1) is 10.6. The molecule has 6 nitrogen and oxygen atoms in total. The summed E-state index contributed by atoms with van der Waals surface area (Å²) in [6.45, 7) is 4.67. The molecule has 1 heterocycles. The zero-order chi connectivity index (χ0) is 15.9. The van der Waals surface area contributed by atoms with Gasteiger partial charge in [-0.1, -0.05) is 19.9 Å². The summed E-state index contributed by atoms with van der Waals surface area (Å²) in [4.78, 5) is 26.5. The molecule has 0 atom stereocenters. The number of aromatic nitrogens is 1. The molecule has 0 saturated carbocycles. The van der Waals surface area contributed by atoms with E-state index >= 15 is 0 Å². The summed E-state index contributed by atoms with van der Waals surface area (Å²) in [7, 11) is 0. The molecule has 0 bridgehead atoms. The fourth-order valence-corrected chi connectivity index (χ4v) is 1.71. The first-order valence-electron chi connectivity index (χ1n) is 7.03. The number of nitrogens with one attached hydrogen (secondary N) is 3. The molecule has 3 N–H and O–H groups in total. The maximum Gasteiger partial charge on any atom is 0.286 e. The number of aromatic amines is 1. The van der Waals surface area contributed by atoms with Crippen LogP contribution in [-0.2, 0) is 0 Å². The summed E-state index contributed by atoms with van der Waals surface area (Å²) in [5.41, 5.74) is 5.49. The highest BCUT2D eigenvalue weighted by Crippen LogP contribution is 2.14. The molecular weight excluding hydrogens is 282 g/mol. The highest BCUT2D eigenvalue weighted by molar-refractivity contribution is 5.98. The Balaban J connectivity index is 1.92. The molecule has 0 unspecified atom stereocenters. The molecule has 2 amide bonds. The molecule has 0 saturated heterocycles. The molecule has 0 radical (unpaired) electrons. The lowest BCUT2D eigenvalue weighted by molar-refractivity contribution is 0.0844. The van der Waals surface area contributed by atoms with E-state index in [-0.39, 0.29) is 0 Å². The van der Waals surface area contributed by atoms with Crippen molar-refractivity contribution in [2.24, 2.45) is 5.92 Å². The quantitative estimate of drug-likeness (QED) is 0.740.